The minimum atomic E-state index is -0.971. The van der Waals surface area contributed by atoms with Crippen LogP contribution in [0.4, 0.5) is 5.69 Å². The molecule has 3 aromatic carbocycles. The summed E-state index contributed by atoms with van der Waals surface area (Å²) < 4.78 is 12.4. The van der Waals surface area contributed by atoms with E-state index in [4.69, 9.17) is 21.4 Å². The van der Waals surface area contributed by atoms with Gasteiger partial charge in [0.05, 0.1) is 17.3 Å². The second-order valence-electron chi connectivity index (χ2n) is 9.49. The molecule has 2 atom stereocenters. The van der Waals surface area contributed by atoms with Gasteiger partial charge in [-0.15, -0.1) is 0 Å². The maximum absolute atomic E-state index is 11.3. The van der Waals surface area contributed by atoms with Crippen LogP contribution in [-0.4, -0.2) is 21.2 Å². The number of nitrogens with zero attached hydrogens (tertiary/aromatic N) is 2. The molecular formula is C32H25N3O4S. The number of carboxylic acid groups (broad SMARTS) is 1. The van der Waals surface area contributed by atoms with Gasteiger partial charge >= 0.3 is 5.97 Å². The number of rotatable bonds is 7. The molecule has 1 fully saturated rings. The first-order valence-corrected chi connectivity index (χ1v) is 13.2. The summed E-state index contributed by atoms with van der Waals surface area (Å²) in [5, 5.41) is 13.2. The van der Waals surface area contributed by atoms with Crippen molar-refractivity contribution in [1.82, 2.24) is 10.3 Å². The van der Waals surface area contributed by atoms with Crippen molar-refractivity contribution in [2.75, 3.05) is 4.90 Å². The lowest BCUT2D eigenvalue weighted by atomic mass is 10.0. The molecule has 2 aromatic heterocycles. The van der Waals surface area contributed by atoms with E-state index in [1.807, 2.05) is 90.7 Å². The van der Waals surface area contributed by atoms with Crippen LogP contribution < -0.4 is 15.0 Å². The van der Waals surface area contributed by atoms with Crippen molar-refractivity contribution in [2.24, 2.45) is 0 Å². The van der Waals surface area contributed by atoms with E-state index >= 15 is 0 Å². The number of ether oxygens (including phenoxy) is 1. The zero-order chi connectivity index (χ0) is 27.6. The number of furan rings is 1. The second kappa shape index (κ2) is 10.7. The van der Waals surface area contributed by atoms with Gasteiger partial charge in [-0.05, 0) is 91.9 Å². The second-order valence-corrected chi connectivity index (χ2v) is 9.88. The molecule has 3 heterocycles. The minimum Gasteiger partial charge on any atom is -0.478 e. The maximum Gasteiger partial charge on any atom is 0.335 e. The number of benzene rings is 3. The van der Waals surface area contributed by atoms with Gasteiger partial charge in [0.1, 0.15) is 29.1 Å². The number of carbonyl (C=O) groups is 1. The van der Waals surface area contributed by atoms with Crippen molar-refractivity contribution in [3.8, 4) is 22.8 Å². The Bertz CT molecular complexity index is 1650. The highest BCUT2D eigenvalue weighted by molar-refractivity contribution is 7.80. The number of aromatic nitrogens is 1. The molecule has 0 amide bonds. The van der Waals surface area contributed by atoms with Crippen molar-refractivity contribution >= 4 is 29.0 Å². The molecule has 0 aliphatic carbocycles. The highest BCUT2D eigenvalue weighted by Crippen LogP contribution is 2.43. The Kier molecular flexibility index (Phi) is 6.76. The monoisotopic (exact) mass is 547 g/mol. The SMILES string of the molecule is Cc1ccc(Oc2ccc(N3C(=S)N[C@H](c4ccccn4)[C@H]3c3ccc(-c4ccc(C(=O)O)cc4)o3)cc2)cc1. The summed E-state index contributed by atoms with van der Waals surface area (Å²) in [7, 11) is 0. The molecule has 0 unspecified atom stereocenters. The van der Waals surface area contributed by atoms with E-state index in [9.17, 15) is 9.90 Å². The van der Waals surface area contributed by atoms with Gasteiger partial charge in [-0.1, -0.05) is 35.9 Å². The van der Waals surface area contributed by atoms with E-state index in [0.29, 0.717) is 22.4 Å². The minimum absolute atomic E-state index is 0.220. The van der Waals surface area contributed by atoms with Gasteiger partial charge in [-0.3, -0.25) is 4.98 Å². The molecule has 6 rings (SSSR count). The van der Waals surface area contributed by atoms with Gasteiger partial charge < -0.3 is 24.5 Å². The van der Waals surface area contributed by atoms with Crippen LogP contribution >= 0.6 is 12.2 Å². The summed E-state index contributed by atoms with van der Waals surface area (Å²) in [6, 6.07) is 31.3. The Hall–Kier alpha value is -4.95. The van der Waals surface area contributed by atoms with Gasteiger partial charge in [0.2, 0.25) is 0 Å². The van der Waals surface area contributed by atoms with Gasteiger partial charge in [0.25, 0.3) is 0 Å². The molecule has 7 nitrogen and oxygen atoms in total. The fourth-order valence-electron chi connectivity index (χ4n) is 4.78. The smallest absolute Gasteiger partial charge is 0.335 e. The molecule has 1 saturated heterocycles. The number of hydrogen-bond donors (Lipinski definition) is 2. The summed E-state index contributed by atoms with van der Waals surface area (Å²) in [4.78, 5) is 17.9. The summed E-state index contributed by atoms with van der Waals surface area (Å²) >= 11 is 5.82. The number of thiocarbonyl (C=S) groups is 1. The first kappa shape index (κ1) is 25.3. The van der Waals surface area contributed by atoms with E-state index in [0.717, 1.165) is 22.7 Å². The van der Waals surface area contributed by atoms with Gasteiger partial charge in [-0.25, -0.2) is 4.79 Å². The van der Waals surface area contributed by atoms with Crippen LogP contribution in [0, 0.1) is 6.92 Å². The lowest BCUT2D eigenvalue weighted by molar-refractivity contribution is 0.0697. The van der Waals surface area contributed by atoms with Gasteiger partial charge in [0, 0.05) is 17.4 Å². The quantitative estimate of drug-likeness (QED) is 0.205. The lowest BCUT2D eigenvalue weighted by Gasteiger charge is -2.26. The Morgan fingerprint density at radius 3 is 2.27 bits per heavy atom. The number of hydrogen-bond acceptors (Lipinski definition) is 5. The predicted molar refractivity (Wildman–Crippen MR) is 157 cm³/mol. The molecule has 0 saturated carbocycles. The number of anilines is 1. The number of nitrogens with one attached hydrogen (secondary N) is 1. The zero-order valence-electron chi connectivity index (χ0n) is 21.5. The molecule has 2 N–H and O–H groups in total. The summed E-state index contributed by atoms with van der Waals surface area (Å²) in [6.45, 7) is 2.04. The van der Waals surface area contributed by atoms with E-state index in [2.05, 4.69) is 10.3 Å². The molecule has 8 heteroatoms. The Labute approximate surface area is 236 Å². The lowest BCUT2D eigenvalue weighted by Crippen LogP contribution is -2.29. The van der Waals surface area contributed by atoms with Crippen molar-refractivity contribution < 1.29 is 19.1 Å². The molecule has 1 aliphatic heterocycles. The topological polar surface area (TPSA) is 87.8 Å². The third-order valence-corrected chi connectivity index (χ3v) is 7.12. The number of aryl methyl sites for hydroxylation is 1. The number of pyridine rings is 1. The Morgan fingerprint density at radius 2 is 1.62 bits per heavy atom. The van der Waals surface area contributed by atoms with Crippen molar-refractivity contribution in [3.05, 3.63) is 132 Å². The Morgan fingerprint density at radius 1 is 0.925 bits per heavy atom. The van der Waals surface area contributed by atoms with Gasteiger partial charge in [0.15, 0.2) is 5.11 Å². The summed E-state index contributed by atoms with van der Waals surface area (Å²) in [5.41, 5.74) is 3.88. The molecule has 198 valence electrons. The van der Waals surface area contributed by atoms with Gasteiger partial charge in [-0.2, -0.15) is 0 Å². The van der Waals surface area contributed by atoms with Crippen LogP contribution in [-0.2, 0) is 0 Å². The molecule has 40 heavy (non-hydrogen) atoms. The van der Waals surface area contributed by atoms with Crippen LogP contribution in [0.3, 0.4) is 0 Å². The van der Waals surface area contributed by atoms with Crippen LogP contribution in [0.5, 0.6) is 11.5 Å². The Balaban J connectivity index is 1.33. The fourth-order valence-corrected chi connectivity index (χ4v) is 5.13. The zero-order valence-corrected chi connectivity index (χ0v) is 22.3. The van der Waals surface area contributed by atoms with Crippen LogP contribution in [0.15, 0.2) is 114 Å². The van der Waals surface area contributed by atoms with E-state index < -0.39 is 5.97 Å². The molecule has 0 radical (unpaired) electrons. The van der Waals surface area contributed by atoms with Crippen LogP contribution in [0.1, 0.15) is 39.5 Å². The average molecular weight is 548 g/mol. The normalized spacial score (nSPS) is 16.5. The van der Waals surface area contributed by atoms with Crippen molar-refractivity contribution in [2.45, 2.75) is 19.0 Å². The first-order valence-electron chi connectivity index (χ1n) is 12.7. The molecule has 0 bridgehead atoms. The molecule has 0 spiro atoms. The standard InChI is InChI=1S/C32H25N3O4S/c1-20-5-13-24(14-6-20)38-25-15-11-23(12-16-25)35-30(29(34-32(35)40)26-4-2-3-19-33-26)28-18-17-27(39-28)21-7-9-22(10-8-21)31(36)37/h2-19,29-30H,1H3,(H,34,40)(H,36,37)/t29-,30-/m1/s1. The highest BCUT2D eigenvalue weighted by Gasteiger charge is 2.42. The van der Waals surface area contributed by atoms with E-state index in [1.165, 1.54) is 5.56 Å². The molecular weight excluding hydrogens is 522 g/mol. The number of carboxylic acids is 1. The highest BCUT2D eigenvalue weighted by atomic mass is 32.1. The van der Waals surface area contributed by atoms with E-state index in [-0.39, 0.29) is 17.6 Å². The predicted octanol–water partition coefficient (Wildman–Crippen LogP) is 7.32. The maximum atomic E-state index is 11.3. The number of aromatic carboxylic acids is 1. The summed E-state index contributed by atoms with van der Waals surface area (Å²) in [6.07, 6.45) is 1.76. The molecule has 1 aliphatic rings. The van der Waals surface area contributed by atoms with Crippen molar-refractivity contribution in [3.63, 3.8) is 0 Å². The van der Waals surface area contributed by atoms with Crippen LogP contribution in [0.25, 0.3) is 11.3 Å². The summed E-state index contributed by atoms with van der Waals surface area (Å²) in [5.74, 6) is 1.84. The third-order valence-electron chi connectivity index (χ3n) is 6.80. The molecule has 5 aromatic rings. The third kappa shape index (κ3) is 5.04. The first-order chi connectivity index (χ1) is 19.5. The van der Waals surface area contributed by atoms with Crippen molar-refractivity contribution in [1.29, 1.82) is 0 Å². The van der Waals surface area contributed by atoms with Crippen LogP contribution in [0.2, 0.25) is 0 Å². The fraction of sp³-hybridized carbons (Fsp3) is 0.0938. The van der Waals surface area contributed by atoms with E-state index in [1.54, 1.807) is 30.5 Å². The largest absolute Gasteiger partial charge is 0.478 e. The average Bonchev–Trinajstić information content (AvgIpc) is 3.60.